The standard InChI is InChI=1S/C15H25N3O/c1-13(14-5-4-6-16-11-14)17-12-15(2,3)18-7-9-19-10-8-18/h4-6,11,13,17H,7-10,12H2,1-3H3. The van der Waals surface area contributed by atoms with E-state index in [9.17, 15) is 0 Å². The smallest absolute Gasteiger partial charge is 0.0594 e. The first-order valence-corrected chi connectivity index (χ1v) is 7.06. The summed E-state index contributed by atoms with van der Waals surface area (Å²) >= 11 is 0. The van der Waals surface area contributed by atoms with E-state index in [4.69, 9.17) is 4.74 Å². The molecule has 0 aromatic carbocycles. The Morgan fingerprint density at radius 2 is 2.16 bits per heavy atom. The topological polar surface area (TPSA) is 37.4 Å². The highest BCUT2D eigenvalue weighted by Crippen LogP contribution is 2.17. The van der Waals surface area contributed by atoms with E-state index in [-0.39, 0.29) is 5.54 Å². The van der Waals surface area contributed by atoms with Crippen LogP contribution in [-0.2, 0) is 4.74 Å². The summed E-state index contributed by atoms with van der Waals surface area (Å²) in [5, 5.41) is 3.61. The first-order chi connectivity index (χ1) is 9.09. The molecule has 0 saturated carbocycles. The zero-order chi connectivity index (χ0) is 13.7. The summed E-state index contributed by atoms with van der Waals surface area (Å²) in [4.78, 5) is 6.67. The normalized spacial score (nSPS) is 19.3. The van der Waals surface area contributed by atoms with Crippen molar-refractivity contribution < 1.29 is 4.74 Å². The fraction of sp³-hybridized carbons (Fsp3) is 0.667. The van der Waals surface area contributed by atoms with Crippen LogP contribution < -0.4 is 5.32 Å². The number of pyridine rings is 1. The van der Waals surface area contributed by atoms with E-state index < -0.39 is 0 Å². The zero-order valence-electron chi connectivity index (χ0n) is 12.2. The van der Waals surface area contributed by atoms with Gasteiger partial charge < -0.3 is 10.1 Å². The Morgan fingerprint density at radius 3 is 2.79 bits per heavy atom. The monoisotopic (exact) mass is 263 g/mol. The van der Waals surface area contributed by atoms with Gasteiger partial charge >= 0.3 is 0 Å². The van der Waals surface area contributed by atoms with Crippen LogP contribution in [-0.4, -0.2) is 48.3 Å². The first-order valence-electron chi connectivity index (χ1n) is 7.06. The minimum atomic E-state index is 0.153. The lowest BCUT2D eigenvalue weighted by Gasteiger charge is -2.41. The van der Waals surface area contributed by atoms with Crippen LogP contribution >= 0.6 is 0 Å². The quantitative estimate of drug-likeness (QED) is 0.879. The van der Waals surface area contributed by atoms with Gasteiger partial charge in [-0.15, -0.1) is 0 Å². The molecule has 1 fully saturated rings. The minimum Gasteiger partial charge on any atom is -0.379 e. The summed E-state index contributed by atoms with van der Waals surface area (Å²) in [5.74, 6) is 0. The molecule has 1 aliphatic rings. The summed E-state index contributed by atoms with van der Waals surface area (Å²) in [7, 11) is 0. The van der Waals surface area contributed by atoms with Gasteiger partial charge in [0.15, 0.2) is 0 Å². The largest absolute Gasteiger partial charge is 0.379 e. The molecule has 0 spiro atoms. The molecule has 0 radical (unpaired) electrons. The van der Waals surface area contributed by atoms with E-state index in [1.54, 1.807) is 0 Å². The van der Waals surface area contributed by atoms with E-state index in [1.165, 1.54) is 5.56 Å². The molecule has 1 atom stereocenters. The van der Waals surface area contributed by atoms with Crippen molar-refractivity contribution in [3.8, 4) is 0 Å². The Labute approximate surface area is 116 Å². The number of morpholine rings is 1. The fourth-order valence-corrected chi connectivity index (χ4v) is 2.43. The fourth-order valence-electron chi connectivity index (χ4n) is 2.43. The average molecular weight is 263 g/mol. The number of nitrogens with one attached hydrogen (secondary N) is 1. The average Bonchev–Trinajstić information content (AvgIpc) is 2.47. The van der Waals surface area contributed by atoms with Gasteiger partial charge in [-0.3, -0.25) is 9.88 Å². The summed E-state index contributed by atoms with van der Waals surface area (Å²) in [6.45, 7) is 11.5. The van der Waals surface area contributed by atoms with Crippen LogP contribution in [0, 0.1) is 0 Å². The van der Waals surface area contributed by atoms with Gasteiger partial charge in [-0.1, -0.05) is 6.07 Å². The lowest BCUT2D eigenvalue weighted by Crippen LogP contribution is -2.54. The molecule has 4 nitrogen and oxygen atoms in total. The summed E-state index contributed by atoms with van der Waals surface area (Å²) < 4.78 is 5.42. The maximum atomic E-state index is 5.42. The van der Waals surface area contributed by atoms with Gasteiger partial charge in [0, 0.05) is 43.6 Å². The second-order valence-electron chi connectivity index (χ2n) is 5.80. The van der Waals surface area contributed by atoms with Gasteiger partial charge in [0.05, 0.1) is 13.2 Å². The van der Waals surface area contributed by atoms with E-state index >= 15 is 0 Å². The first kappa shape index (κ1) is 14.4. The van der Waals surface area contributed by atoms with Gasteiger partial charge in [0.2, 0.25) is 0 Å². The van der Waals surface area contributed by atoms with Crippen molar-refractivity contribution in [2.24, 2.45) is 0 Å². The Hall–Kier alpha value is -0.970. The molecule has 106 valence electrons. The molecule has 1 aromatic rings. The molecule has 1 N–H and O–H groups in total. The van der Waals surface area contributed by atoms with Crippen LogP contribution in [0.2, 0.25) is 0 Å². The van der Waals surface area contributed by atoms with Crippen molar-refractivity contribution in [2.75, 3.05) is 32.8 Å². The maximum Gasteiger partial charge on any atom is 0.0594 e. The highest BCUT2D eigenvalue weighted by atomic mass is 16.5. The zero-order valence-corrected chi connectivity index (χ0v) is 12.2. The maximum absolute atomic E-state index is 5.42. The Balaban J connectivity index is 1.86. The number of nitrogens with zero attached hydrogens (tertiary/aromatic N) is 2. The third kappa shape index (κ3) is 4.00. The number of hydrogen-bond acceptors (Lipinski definition) is 4. The van der Waals surface area contributed by atoms with Gasteiger partial charge in [-0.25, -0.2) is 0 Å². The molecular weight excluding hydrogens is 238 g/mol. The molecule has 0 aliphatic carbocycles. The Morgan fingerprint density at radius 1 is 1.42 bits per heavy atom. The van der Waals surface area contributed by atoms with E-state index in [0.717, 1.165) is 32.8 Å². The molecule has 2 heterocycles. The van der Waals surface area contributed by atoms with Crippen molar-refractivity contribution in [3.05, 3.63) is 30.1 Å². The van der Waals surface area contributed by atoms with Crippen molar-refractivity contribution in [2.45, 2.75) is 32.4 Å². The van der Waals surface area contributed by atoms with E-state index in [1.807, 2.05) is 18.5 Å². The van der Waals surface area contributed by atoms with Crippen LogP contribution in [0.3, 0.4) is 0 Å². The van der Waals surface area contributed by atoms with Crippen molar-refractivity contribution in [3.63, 3.8) is 0 Å². The third-order valence-electron chi connectivity index (χ3n) is 3.89. The second-order valence-corrected chi connectivity index (χ2v) is 5.80. The number of ether oxygens (including phenoxy) is 1. The van der Waals surface area contributed by atoms with Gasteiger partial charge in [0.25, 0.3) is 0 Å². The molecule has 1 unspecified atom stereocenters. The lowest BCUT2D eigenvalue weighted by molar-refractivity contribution is -0.0102. The predicted molar refractivity (Wildman–Crippen MR) is 77.1 cm³/mol. The molecule has 19 heavy (non-hydrogen) atoms. The van der Waals surface area contributed by atoms with Gasteiger partial charge in [-0.05, 0) is 32.4 Å². The van der Waals surface area contributed by atoms with Gasteiger partial charge in [0.1, 0.15) is 0 Å². The van der Waals surface area contributed by atoms with Crippen LogP contribution in [0.1, 0.15) is 32.4 Å². The minimum absolute atomic E-state index is 0.153. The molecule has 4 heteroatoms. The molecule has 0 bridgehead atoms. The molecule has 1 saturated heterocycles. The van der Waals surface area contributed by atoms with Gasteiger partial charge in [-0.2, -0.15) is 0 Å². The molecule has 2 rings (SSSR count). The Kier molecular flexibility index (Phi) is 4.91. The Bertz CT molecular complexity index is 374. The summed E-state index contributed by atoms with van der Waals surface area (Å²) in [6.07, 6.45) is 3.74. The number of hydrogen-bond donors (Lipinski definition) is 1. The van der Waals surface area contributed by atoms with Crippen molar-refractivity contribution >= 4 is 0 Å². The van der Waals surface area contributed by atoms with E-state index in [0.29, 0.717) is 6.04 Å². The van der Waals surface area contributed by atoms with Crippen LogP contribution in [0.15, 0.2) is 24.5 Å². The predicted octanol–water partition coefficient (Wildman–Crippen LogP) is 1.84. The molecular formula is C15H25N3O. The van der Waals surface area contributed by atoms with Crippen LogP contribution in [0.4, 0.5) is 0 Å². The lowest BCUT2D eigenvalue weighted by atomic mass is 10.0. The van der Waals surface area contributed by atoms with Crippen LogP contribution in [0.5, 0.6) is 0 Å². The SMILES string of the molecule is CC(NCC(C)(C)N1CCOCC1)c1cccnc1. The van der Waals surface area contributed by atoms with Crippen molar-refractivity contribution in [1.82, 2.24) is 15.2 Å². The number of rotatable bonds is 5. The second kappa shape index (κ2) is 6.46. The highest BCUT2D eigenvalue weighted by Gasteiger charge is 2.28. The summed E-state index contributed by atoms with van der Waals surface area (Å²) in [6, 6.07) is 4.43. The van der Waals surface area contributed by atoms with Crippen LogP contribution in [0.25, 0.3) is 0 Å². The highest BCUT2D eigenvalue weighted by molar-refractivity contribution is 5.12. The number of aromatic nitrogens is 1. The molecule has 0 amide bonds. The van der Waals surface area contributed by atoms with Crippen molar-refractivity contribution in [1.29, 1.82) is 0 Å². The third-order valence-corrected chi connectivity index (χ3v) is 3.89. The molecule has 1 aliphatic heterocycles. The summed E-state index contributed by atoms with van der Waals surface area (Å²) in [5.41, 5.74) is 1.39. The van der Waals surface area contributed by atoms with E-state index in [2.05, 4.69) is 42.0 Å². The molecule has 1 aromatic heterocycles.